The fourth-order valence-corrected chi connectivity index (χ4v) is 1.60. The van der Waals surface area contributed by atoms with Crippen molar-refractivity contribution in [3.8, 4) is 0 Å². The number of rotatable bonds is 6. The second-order valence-electron chi connectivity index (χ2n) is 4.53. The first kappa shape index (κ1) is 12.1. The summed E-state index contributed by atoms with van der Waals surface area (Å²) in [5.41, 5.74) is 1.09. The normalized spacial score (nSPS) is 11.0. The van der Waals surface area contributed by atoms with E-state index < -0.39 is 0 Å². The second-order valence-corrected chi connectivity index (χ2v) is 4.53. The first-order valence-electron chi connectivity index (χ1n) is 5.91. The fourth-order valence-electron chi connectivity index (χ4n) is 1.60. The Balaban J connectivity index is 2.59. The van der Waals surface area contributed by atoms with Crippen LogP contribution in [0, 0.1) is 12.8 Å². The number of nitrogens with zero attached hydrogens (tertiary/aromatic N) is 2. The molecule has 0 fully saturated rings. The summed E-state index contributed by atoms with van der Waals surface area (Å²) >= 11 is 0. The molecule has 1 rings (SSSR count). The summed E-state index contributed by atoms with van der Waals surface area (Å²) in [5, 5.41) is 3.39. The van der Waals surface area contributed by atoms with Crippen LogP contribution in [0.1, 0.15) is 39.3 Å². The van der Waals surface area contributed by atoms with Crippen LogP contribution in [-0.2, 0) is 6.54 Å². The minimum atomic E-state index is 0.658. The number of unbranched alkanes of at least 4 members (excludes halogenated alkanes) is 1. The van der Waals surface area contributed by atoms with Crippen molar-refractivity contribution in [2.75, 3.05) is 11.9 Å². The fraction of sp³-hybridized carbons (Fsp3) is 0.750. The molecule has 3 heteroatoms. The lowest BCUT2D eigenvalue weighted by atomic mass is 10.2. The average Bonchev–Trinajstić information content (AvgIpc) is 2.46. The molecule has 0 amide bonds. The molecule has 1 aromatic heterocycles. The van der Waals surface area contributed by atoms with E-state index in [-0.39, 0.29) is 0 Å². The number of imidazole rings is 1. The molecule has 0 saturated heterocycles. The van der Waals surface area contributed by atoms with Crippen LogP contribution in [0.5, 0.6) is 0 Å². The summed E-state index contributed by atoms with van der Waals surface area (Å²) in [6, 6.07) is 0. The van der Waals surface area contributed by atoms with Crippen molar-refractivity contribution >= 4 is 5.95 Å². The zero-order valence-electron chi connectivity index (χ0n) is 10.4. The van der Waals surface area contributed by atoms with E-state index >= 15 is 0 Å². The summed E-state index contributed by atoms with van der Waals surface area (Å²) in [7, 11) is 0. The molecule has 1 heterocycles. The standard InChI is InChI=1S/C12H23N3/c1-5-6-7-13-12-14-11(4)9-15(12)8-10(2)3/h9-10H,5-8H2,1-4H3,(H,13,14). The van der Waals surface area contributed by atoms with Crippen molar-refractivity contribution in [2.24, 2.45) is 5.92 Å². The summed E-state index contributed by atoms with van der Waals surface area (Å²) in [6.07, 6.45) is 4.54. The first-order valence-corrected chi connectivity index (χ1v) is 5.91. The molecule has 0 aliphatic carbocycles. The molecule has 1 aromatic rings. The highest BCUT2D eigenvalue weighted by Crippen LogP contribution is 2.11. The van der Waals surface area contributed by atoms with Gasteiger partial charge in [-0.3, -0.25) is 0 Å². The summed E-state index contributed by atoms with van der Waals surface area (Å²) in [6.45, 7) is 10.8. The van der Waals surface area contributed by atoms with Gasteiger partial charge in [-0.1, -0.05) is 27.2 Å². The van der Waals surface area contributed by atoms with Gasteiger partial charge in [0.1, 0.15) is 0 Å². The van der Waals surface area contributed by atoms with E-state index in [4.69, 9.17) is 0 Å². The van der Waals surface area contributed by atoms with Gasteiger partial charge >= 0.3 is 0 Å². The summed E-state index contributed by atoms with van der Waals surface area (Å²) in [5.74, 6) is 1.68. The van der Waals surface area contributed by atoms with Crippen molar-refractivity contribution in [1.82, 2.24) is 9.55 Å². The highest BCUT2D eigenvalue weighted by molar-refractivity contribution is 5.28. The van der Waals surface area contributed by atoms with Crippen LogP contribution >= 0.6 is 0 Å². The highest BCUT2D eigenvalue weighted by atomic mass is 15.2. The van der Waals surface area contributed by atoms with Crippen molar-refractivity contribution in [1.29, 1.82) is 0 Å². The zero-order valence-corrected chi connectivity index (χ0v) is 10.4. The Morgan fingerprint density at radius 1 is 1.47 bits per heavy atom. The Morgan fingerprint density at radius 3 is 2.80 bits per heavy atom. The predicted octanol–water partition coefficient (Wildman–Crippen LogP) is 3.06. The smallest absolute Gasteiger partial charge is 0.203 e. The van der Waals surface area contributed by atoms with E-state index in [1.165, 1.54) is 12.8 Å². The van der Waals surface area contributed by atoms with Gasteiger partial charge < -0.3 is 9.88 Å². The van der Waals surface area contributed by atoms with Gasteiger partial charge in [-0.25, -0.2) is 4.98 Å². The molecule has 0 atom stereocenters. The molecule has 0 aliphatic heterocycles. The van der Waals surface area contributed by atoms with Crippen molar-refractivity contribution in [3.63, 3.8) is 0 Å². The molecule has 0 unspecified atom stereocenters. The lowest BCUT2D eigenvalue weighted by Crippen LogP contribution is -2.11. The first-order chi connectivity index (χ1) is 7.13. The van der Waals surface area contributed by atoms with Gasteiger partial charge in [0.15, 0.2) is 0 Å². The van der Waals surface area contributed by atoms with E-state index in [0.29, 0.717) is 5.92 Å². The quantitative estimate of drug-likeness (QED) is 0.730. The van der Waals surface area contributed by atoms with Crippen LogP contribution in [0.3, 0.4) is 0 Å². The number of hydrogen-bond acceptors (Lipinski definition) is 2. The Hall–Kier alpha value is -0.990. The summed E-state index contributed by atoms with van der Waals surface area (Å²) < 4.78 is 2.22. The van der Waals surface area contributed by atoms with Gasteiger partial charge in [0.25, 0.3) is 0 Å². The maximum atomic E-state index is 4.49. The molecule has 0 saturated carbocycles. The molecule has 0 bridgehead atoms. The molecule has 15 heavy (non-hydrogen) atoms. The molecule has 0 spiro atoms. The van der Waals surface area contributed by atoms with Gasteiger partial charge in [-0.05, 0) is 19.3 Å². The van der Waals surface area contributed by atoms with Crippen molar-refractivity contribution < 1.29 is 0 Å². The van der Waals surface area contributed by atoms with Crippen LogP contribution in [-0.4, -0.2) is 16.1 Å². The third kappa shape index (κ3) is 3.94. The van der Waals surface area contributed by atoms with Crippen molar-refractivity contribution in [2.45, 2.75) is 47.1 Å². The molecular formula is C12H23N3. The zero-order chi connectivity index (χ0) is 11.3. The molecule has 0 radical (unpaired) electrons. The van der Waals surface area contributed by atoms with Crippen LogP contribution in [0.2, 0.25) is 0 Å². The topological polar surface area (TPSA) is 29.9 Å². The second kappa shape index (κ2) is 5.79. The van der Waals surface area contributed by atoms with Gasteiger partial charge in [-0.2, -0.15) is 0 Å². The molecular weight excluding hydrogens is 186 g/mol. The van der Waals surface area contributed by atoms with E-state index in [1.807, 2.05) is 6.92 Å². The minimum Gasteiger partial charge on any atom is -0.356 e. The number of aromatic nitrogens is 2. The van der Waals surface area contributed by atoms with Gasteiger partial charge in [0, 0.05) is 19.3 Å². The van der Waals surface area contributed by atoms with Crippen LogP contribution in [0.4, 0.5) is 5.95 Å². The number of aryl methyl sites for hydroxylation is 1. The van der Waals surface area contributed by atoms with E-state index in [1.54, 1.807) is 0 Å². The lowest BCUT2D eigenvalue weighted by Gasteiger charge is -2.11. The molecule has 1 N–H and O–H groups in total. The monoisotopic (exact) mass is 209 g/mol. The molecule has 0 aliphatic rings. The maximum absolute atomic E-state index is 4.49. The summed E-state index contributed by atoms with van der Waals surface area (Å²) in [4.78, 5) is 4.49. The van der Waals surface area contributed by atoms with Gasteiger partial charge in [0.05, 0.1) is 5.69 Å². The van der Waals surface area contributed by atoms with E-state index in [2.05, 4.69) is 41.8 Å². The van der Waals surface area contributed by atoms with Crippen molar-refractivity contribution in [3.05, 3.63) is 11.9 Å². The highest BCUT2D eigenvalue weighted by Gasteiger charge is 2.05. The Morgan fingerprint density at radius 2 is 2.20 bits per heavy atom. The van der Waals surface area contributed by atoms with Crippen LogP contribution in [0.15, 0.2) is 6.20 Å². The van der Waals surface area contributed by atoms with Crippen LogP contribution < -0.4 is 5.32 Å². The maximum Gasteiger partial charge on any atom is 0.203 e. The molecule has 0 aromatic carbocycles. The SMILES string of the molecule is CCCCNc1nc(C)cn1CC(C)C. The van der Waals surface area contributed by atoms with Crippen LogP contribution in [0.25, 0.3) is 0 Å². The minimum absolute atomic E-state index is 0.658. The van der Waals surface area contributed by atoms with Gasteiger partial charge in [-0.15, -0.1) is 0 Å². The third-order valence-corrected chi connectivity index (χ3v) is 2.27. The number of anilines is 1. The van der Waals surface area contributed by atoms with E-state index in [0.717, 1.165) is 24.7 Å². The third-order valence-electron chi connectivity index (χ3n) is 2.27. The predicted molar refractivity (Wildman–Crippen MR) is 65.2 cm³/mol. The van der Waals surface area contributed by atoms with Gasteiger partial charge in [0.2, 0.25) is 5.95 Å². The molecule has 3 nitrogen and oxygen atoms in total. The largest absolute Gasteiger partial charge is 0.356 e. The molecule has 86 valence electrons. The number of nitrogens with one attached hydrogen (secondary N) is 1. The Bertz CT molecular complexity index is 289. The van der Waals surface area contributed by atoms with E-state index in [9.17, 15) is 0 Å². The number of hydrogen-bond donors (Lipinski definition) is 1. The lowest BCUT2D eigenvalue weighted by molar-refractivity contribution is 0.525. The Labute approximate surface area is 92.9 Å². The average molecular weight is 209 g/mol. The Kier molecular flexibility index (Phi) is 4.66.